The molecule has 0 fully saturated rings. The van der Waals surface area contributed by atoms with Crippen LogP contribution < -0.4 is 5.73 Å². The summed E-state index contributed by atoms with van der Waals surface area (Å²) in [5, 5.41) is 1.03. The lowest BCUT2D eigenvalue weighted by atomic mass is 9.97. The number of hydrogen-bond acceptors (Lipinski definition) is 7. The van der Waals surface area contributed by atoms with Crippen LogP contribution in [0.5, 0.6) is 0 Å². The highest BCUT2D eigenvalue weighted by molar-refractivity contribution is 6.30. The molecule has 0 saturated carbocycles. The van der Waals surface area contributed by atoms with Gasteiger partial charge in [-0.25, -0.2) is 18.8 Å². The molecule has 0 heterocycles. The van der Waals surface area contributed by atoms with Crippen LogP contribution in [-0.4, -0.2) is 41.8 Å². The first kappa shape index (κ1) is 31.6. The van der Waals surface area contributed by atoms with Gasteiger partial charge in [0.05, 0.1) is 12.5 Å². The number of carbonyl (C=O) groups excluding carboxylic acids is 3. The summed E-state index contributed by atoms with van der Waals surface area (Å²) in [6.45, 7) is 4.72. The van der Waals surface area contributed by atoms with E-state index in [0.717, 1.165) is 11.1 Å². The summed E-state index contributed by atoms with van der Waals surface area (Å²) in [5.41, 5.74) is 8.99. The Morgan fingerprint density at radius 3 is 2.24 bits per heavy atom. The first-order valence-corrected chi connectivity index (χ1v) is 13.6. The third-order valence-corrected chi connectivity index (χ3v) is 6.34. The number of hydrogen-bond donors (Lipinski definition) is 1. The van der Waals surface area contributed by atoms with Crippen molar-refractivity contribution in [3.05, 3.63) is 94.8 Å². The van der Waals surface area contributed by atoms with Crippen LogP contribution >= 0.6 is 11.6 Å². The molecule has 3 rings (SSSR count). The van der Waals surface area contributed by atoms with E-state index in [1.165, 1.54) is 12.1 Å². The Morgan fingerprint density at radius 1 is 0.927 bits per heavy atom. The van der Waals surface area contributed by atoms with Crippen LogP contribution in [0.25, 0.3) is 11.1 Å². The van der Waals surface area contributed by atoms with Gasteiger partial charge in [-0.3, -0.25) is 0 Å². The first-order chi connectivity index (χ1) is 19.6. The molecule has 1 amide bonds. The summed E-state index contributed by atoms with van der Waals surface area (Å²) in [6.07, 6.45) is -0.804. The van der Waals surface area contributed by atoms with Gasteiger partial charge in [0, 0.05) is 16.6 Å². The Bertz CT molecular complexity index is 1320. The van der Waals surface area contributed by atoms with Crippen molar-refractivity contribution < 1.29 is 33.1 Å². The van der Waals surface area contributed by atoms with Crippen LogP contribution in [0.1, 0.15) is 38.3 Å². The molecule has 0 aliphatic rings. The minimum Gasteiger partial charge on any atom is -0.459 e. The maximum absolute atomic E-state index is 14.3. The number of benzene rings is 3. The number of esters is 1. The summed E-state index contributed by atoms with van der Waals surface area (Å²) in [7, 11) is 0. The number of carbonyl (C=O) groups is 3. The lowest BCUT2D eigenvalue weighted by Crippen LogP contribution is -2.50. The zero-order chi connectivity index (χ0) is 29.9. The number of nitrogens with two attached hydrogens (primary N) is 1. The van der Waals surface area contributed by atoms with E-state index in [4.69, 9.17) is 31.6 Å². The van der Waals surface area contributed by atoms with Crippen LogP contribution in [0.3, 0.4) is 0 Å². The molecule has 0 bridgehead atoms. The van der Waals surface area contributed by atoms with E-state index in [1.807, 2.05) is 6.07 Å². The summed E-state index contributed by atoms with van der Waals surface area (Å²) in [4.78, 5) is 43.9. The Balaban J connectivity index is 1.80. The largest absolute Gasteiger partial charge is 0.459 e. The molecule has 0 unspecified atom stereocenters. The van der Waals surface area contributed by atoms with Gasteiger partial charge in [-0.15, -0.1) is 5.06 Å². The van der Waals surface area contributed by atoms with Gasteiger partial charge >= 0.3 is 18.0 Å². The van der Waals surface area contributed by atoms with Crippen molar-refractivity contribution in [2.45, 2.75) is 52.3 Å². The highest BCUT2D eigenvalue weighted by Gasteiger charge is 2.37. The molecule has 0 aromatic heterocycles. The minimum absolute atomic E-state index is 0.00797. The lowest BCUT2D eigenvalue weighted by molar-refractivity contribution is -0.202. The molecule has 2 N–H and O–H groups in total. The molecular weight excluding hydrogens is 551 g/mol. The Kier molecular flexibility index (Phi) is 11.7. The summed E-state index contributed by atoms with van der Waals surface area (Å²) < 4.78 is 24.9. The fourth-order valence-corrected chi connectivity index (χ4v) is 4.11. The number of halogens is 2. The van der Waals surface area contributed by atoms with Crippen LogP contribution in [0.2, 0.25) is 5.02 Å². The minimum atomic E-state index is -1.37. The van der Waals surface area contributed by atoms with E-state index in [1.54, 1.807) is 75.4 Å². The normalized spacial score (nSPS) is 12.4. The standard InChI is InChI=1S/C31H34ClFN2O6/c1-4-39-31(38)35(41-29(36)20(2)3)28(30(37)40-19-22-8-6-5-7-9-22)18-25(34)16-21-10-12-23(13-11-21)26-17-24(32)14-15-27(26)33/h5-15,17,20,25,28H,4,16,18-19,34H2,1-3H3/t25-,28-/m1/s1. The molecule has 3 aromatic rings. The molecule has 10 heteroatoms. The predicted molar refractivity (Wildman–Crippen MR) is 153 cm³/mol. The van der Waals surface area contributed by atoms with Gasteiger partial charge in [-0.1, -0.05) is 80.0 Å². The molecule has 3 aromatic carbocycles. The molecule has 0 radical (unpaired) electrons. The SMILES string of the molecule is CCOC(=O)N(OC(=O)C(C)C)[C@H](C[C@H](N)Cc1ccc(-c2cc(Cl)ccc2F)cc1)C(=O)OCc1ccccc1. The highest BCUT2D eigenvalue weighted by atomic mass is 35.5. The Hall–Kier alpha value is -3.95. The number of nitrogens with zero attached hydrogens (tertiary/aromatic N) is 1. The molecule has 218 valence electrons. The van der Waals surface area contributed by atoms with E-state index in [9.17, 15) is 18.8 Å². The monoisotopic (exact) mass is 584 g/mol. The molecule has 0 aliphatic heterocycles. The average molecular weight is 585 g/mol. The van der Waals surface area contributed by atoms with E-state index in [0.29, 0.717) is 27.6 Å². The fraction of sp³-hybridized carbons (Fsp3) is 0.323. The van der Waals surface area contributed by atoms with Gasteiger partial charge in [0.25, 0.3) is 0 Å². The Labute approximate surface area is 244 Å². The first-order valence-electron chi connectivity index (χ1n) is 13.3. The third-order valence-electron chi connectivity index (χ3n) is 6.10. The van der Waals surface area contributed by atoms with Gasteiger partial charge in [0.1, 0.15) is 12.4 Å². The number of rotatable bonds is 11. The number of amides is 1. The van der Waals surface area contributed by atoms with E-state index >= 15 is 0 Å². The van der Waals surface area contributed by atoms with Crippen LogP contribution in [0.15, 0.2) is 72.8 Å². The maximum Gasteiger partial charge on any atom is 0.444 e. The summed E-state index contributed by atoms with van der Waals surface area (Å²) in [6, 6.07) is 18.4. The van der Waals surface area contributed by atoms with Gasteiger partial charge in [-0.05, 0) is 54.7 Å². The molecule has 0 aliphatic carbocycles. The van der Waals surface area contributed by atoms with Gasteiger partial charge in [0.2, 0.25) is 0 Å². The molecule has 0 saturated heterocycles. The van der Waals surface area contributed by atoms with Crippen LogP contribution in [0.4, 0.5) is 9.18 Å². The van der Waals surface area contributed by atoms with Crippen molar-refractivity contribution >= 4 is 29.6 Å². The van der Waals surface area contributed by atoms with Crippen LogP contribution in [0, 0.1) is 11.7 Å². The van der Waals surface area contributed by atoms with Crippen molar-refractivity contribution in [3.63, 3.8) is 0 Å². The van der Waals surface area contributed by atoms with Gasteiger partial charge in [0.15, 0.2) is 6.04 Å². The molecule has 8 nitrogen and oxygen atoms in total. The topological polar surface area (TPSA) is 108 Å². The zero-order valence-electron chi connectivity index (χ0n) is 23.2. The molecular formula is C31H34ClFN2O6. The van der Waals surface area contributed by atoms with E-state index in [-0.39, 0.29) is 19.6 Å². The fourth-order valence-electron chi connectivity index (χ4n) is 3.94. The maximum atomic E-state index is 14.3. The van der Waals surface area contributed by atoms with Crippen molar-refractivity contribution in [2.24, 2.45) is 11.7 Å². The van der Waals surface area contributed by atoms with Gasteiger partial charge in [-0.2, -0.15) is 0 Å². The third kappa shape index (κ3) is 9.30. The second-order valence-electron chi connectivity index (χ2n) is 9.72. The second-order valence-corrected chi connectivity index (χ2v) is 10.2. The van der Waals surface area contributed by atoms with E-state index in [2.05, 4.69) is 0 Å². The van der Waals surface area contributed by atoms with E-state index < -0.39 is 41.9 Å². The smallest absolute Gasteiger partial charge is 0.444 e. The highest BCUT2D eigenvalue weighted by Crippen LogP contribution is 2.27. The van der Waals surface area contributed by atoms with Crippen LogP contribution in [-0.2, 0) is 36.9 Å². The van der Waals surface area contributed by atoms with Crippen molar-refractivity contribution in [1.82, 2.24) is 5.06 Å². The summed E-state index contributed by atoms with van der Waals surface area (Å²) >= 11 is 6.03. The lowest BCUT2D eigenvalue weighted by Gasteiger charge is -2.29. The predicted octanol–water partition coefficient (Wildman–Crippen LogP) is 6.09. The second kappa shape index (κ2) is 15.2. The number of ether oxygens (including phenoxy) is 2. The average Bonchev–Trinajstić information content (AvgIpc) is 2.95. The molecule has 41 heavy (non-hydrogen) atoms. The Morgan fingerprint density at radius 2 is 1.61 bits per heavy atom. The van der Waals surface area contributed by atoms with Crippen molar-refractivity contribution in [1.29, 1.82) is 0 Å². The molecule has 0 spiro atoms. The van der Waals surface area contributed by atoms with Crippen molar-refractivity contribution in [2.75, 3.05) is 6.61 Å². The van der Waals surface area contributed by atoms with Crippen molar-refractivity contribution in [3.8, 4) is 11.1 Å². The zero-order valence-corrected chi connectivity index (χ0v) is 24.0. The quantitative estimate of drug-likeness (QED) is 0.214. The van der Waals surface area contributed by atoms with Gasteiger partial charge < -0.3 is 20.0 Å². The number of hydroxylamine groups is 2. The summed E-state index contributed by atoms with van der Waals surface area (Å²) in [5.74, 6) is -2.51. The molecule has 2 atom stereocenters.